The number of hydrogen-bond donors (Lipinski definition) is 1. The highest BCUT2D eigenvalue weighted by Crippen LogP contribution is 2.22. The highest BCUT2D eigenvalue weighted by Gasteiger charge is 2.22. The van der Waals surface area contributed by atoms with Crippen molar-refractivity contribution < 1.29 is 9.90 Å². The topological polar surface area (TPSA) is 40.5 Å². The van der Waals surface area contributed by atoms with Crippen LogP contribution in [0.5, 0.6) is 0 Å². The van der Waals surface area contributed by atoms with E-state index < -0.39 is 5.97 Å². The molecule has 0 radical (unpaired) electrons. The number of carboxylic acid groups (broad SMARTS) is 1. The molecular formula is C19H21NO2. The second kappa shape index (κ2) is 6.75. The zero-order chi connectivity index (χ0) is 15.4. The van der Waals surface area contributed by atoms with Gasteiger partial charge in [-0.1, -0.05) is 42.5 Å². The second-order valence-corrected chi connectivity index (χ2v) is 6.08. The van der Waals surface area contributed by atoms with Crippen LogP contribution in [0.1, 0.15) is 27.9 Å². The first kappa shape index (κ1) is 14.8. The van der Waals surface area contributed by atoms with Gasteiger partial charge in [0.05, 0.1) is 5.56 Å². The van der Waals surface area contributed by atoms with Gasteiger partial charge in [0.1, 0.15) is 0 Å². The Hall–Kier alpha value is -2.13. The lowest BCUT2D eigenvalue weighted by Gasteiger charge is -2.16. The van der Waals surface area contributed by atoms with E-state index in [0.717, 1.165) is 32.0 Å². The van der Waals surface area contributed by atoms with Crippen molar-refractivity contribution in [2.45, 2.75) is 19.4 Å². The minimum Gasteiger partial charge on any atom is -0.478 e. The SMILES string of the molecule is O=C(O)c1ccc(CN2CCC(Cc3ccccc3)C2)cc1. The number of hydrogen-bond acceptors (Lipinski definition) is 2. The second-order valence-electron chi connectivity index (χ2n) is 6.08. The molecule has 0 bridgehead atoms. The fourth-order valence-corrected chi connectivity index (χ4v) is 3.18. The Labute approximate surface area is 131 Å². The summed E-state index contributed by atoms with van der Waals surface area (Å²) in [7, 11) is 0. The summed E-state index contributed by atoms with van der Waals surface area (Å²) in [5, 5.41) is 8.92. The number of benzene rings is 2. The lowest BCUT2D eigenvalue weighted by Crippen LogP contribution is -2.20. The Morgan fingerprint density at radius 2 is 1.77 bits per heavy atom. The Bertz CT molecular complexity index is 622. The maximum Gasteiger partial charge on any atom is 0.335 e. The highest BCUT2D eigenvalue weighted by atomic mass is 16.4. The Kier molecular flexibility index (Phi) is 4.54. The van der Waals surface area contributed by atoms with Crippen molar-refractivity contribution in [3.05, 3.63) is 71.3 Å². The van der Waals surface area contributed by atoms with Gasteiger partial charge in [-0.25, -0.2) is 4.79 Å². The van der Waals surface area contributed by atoms with Crippen LogP contribution in [-0.4, -0.2) is 29.1 Å². The summed E-state index contributed by atoms with van der Waals surface area (Å²) in [6.07, 6.45) is 2.39. The largest absolute Gasteiger partial charge is 0.478 e. The molecule has 0 saturated carbocycles. The fraction of sp³-hybridized carbons (Fsp3) is 0.316. The van der Waals surface area contributed by atoms with Gasteiger partial charge >= 0.3 is 5.97 Å². The summed E-state index contributed by atoms with van der Waals surface area (Å²) in [5.41, 5.74) is 2.96. The van der Waals surface area contributed by atoms with E-state index in [1.165, 1.54) is 17.5 Å². The highest BCUT2D eigenvalue weighted by molar-refractivity contribution is 5.87. The molecule has 1 fully saturated rings. The number of carbonyl (C=O) groups is 1. The maximum atomic E-state index is 10.9. The van der Waals surface area contributed by atoms with Crippen LogP contribution in [0.15, 0.2) is 54.6 Å². The van der Waals surface area contributed by atoms with Crippen molar-refractivity contribution in [2.24, 2.45) is 5.92 Å². The van der Waals surface area contributed by atoms with Gasteiger partial charge in [-0.3, -0.25) is 4.90 Å². The summed E-state index contributed by atoms with van der Waals surface area (Å²) in [6, 6.07) is 17.9. The first-order valence-corrected chi connectivity index (χ1v) is 7.79. The lowest BCUT2D eigenvalue weighted by atomic mass is 9.99. The minimum atomic E-state index is -0.865. The Morgan fingerprint density at radius 1 is 1.05 bits per heavy atom. The van der Waals surface area contributed by atoms with E-state index in [0.29, 0.717) is 5.56 Å². The van der Waals surface area contributed by atoms with Crippen molar-refractivity contribution >= 4 is 5.97 Å². The summed E-state index contributed by atoms with van der Waals surface area (Å²) < 4.78 is 0. The first-order valence-electron chi connectivity index (χ1n) is 7.79. The third-order valence-corrected chi connectivity index (χ3v) is 4.34. The van der Waals surface area contributed by atoms with E-state index in [9.17, 15) is 4.79 Å². The predicted molar refractivity (Wildman–Crippen MR) is 86.9 cm³/mol. The zero-order valence-corrected chi connectivity index (χ0v) is 12.6. The average Bonchev–Trinajstić information content (AvgIpc) is 2.96. The minimum absolute atomic E-state index is 0.354. The Balaban J connectivity index is 1.53. The van der Waals surface area contributed by atoms with Crippen molar-refractivity contribution in [3.63, 3.8) is 0 Å². The molecule has 1 aliphatic rings. The molecule has 114 valence electrons. The molecule has 3 rings (SSSR count). The van der Waals surface area contributed by atoms with Crippen LogP contribution < -0.4 is 0 Å². The number of likely N-dealkylation sites (tertiary alicyclic amines) is 1. The molecule has 0 amide bonds. The van der Waals surface area contributed by atoms with Gasteiger partial charge in [-0.2, -0.15) is 0 Å². The average molecular weight is 295 g/mol. The molecule has 3 heteroatoms. The molecule has 2 aromatic carbocycles. The molecule has 1 aliphatic heterocycles. The monoisotopic (exact) mass is 295 g/mol. The fourth-order valence-electron chi connectivity index (χ4n) is 3.18. The van der Waals surface area contributed by atoms with Crippen LogP contribution in [0.2, 0.25) is 0 Å². The van der Waals surface area contributed by atoms with Crippen molar-refractivity contribution in [1.29, 1.82) is 0 Å². The predicted octanol–water partition coefficient (Wildman–Crippen LogP) is 3.45. The van der Waals surface area contributed by atoms with Crippen LogP contribution in [0.25, 0.3) is 0 Å². The van der Waals surface area contributed by atoms with E-state index in [1.807, 2.05) is 12.1 Å². The Morgan fingerprint density at radius 3 is 2.45 bits per heavy atom. The summed E-state index contributed by atoms with van der Waals surface area (Å²) in [6.45, 7) is 3.15. The first-order chi connectivity index (χ1) is 10.7. The number of carboxylic acids is 1. The van der Waals surface area contributed by atoms with Crippen molar-refractivity contribution in [3.8, 4) is 0 Å². The molecule has 1 heterocycles. The van der Waals surface area contributed by atoms with Crippen LogP contribution in [-0.2, 0) is 13.0 Å². The third kappa shape index (κ3) is 3.74. The molecule has 2 aromatic rings. The van der Waals surface area contributed by atoms with Crippen LogP contribution >= 0.6 is 0 Å². The van der Waals surface area contributed by atoms with E-state index in [4.69, 9.17) is 5.11 Å². The molecule has 1 N–H and O–H groups in total. The van der Waals surface area contributed by atoms with Gasteiger partial charge in [-0.15, -0.1) is 0 Å². The van der Waals surface area contributed by atoms with Crippen LogP contribution in [0.4, 0.5) is 0 Å². The van der Waals surface area contributed by atoms with E-state index in [1.54, 1.807) is 12.1 Å². The van der Waals surface area contributed by atoms with E-state index >= 15 is 0 Å². The standard InChI is InChI=1S/C19H21NO2/c21-19(22)18-8-6-16(7-9-18)13-20-11-10-17(14-20)12-15-4-2-1-3-5-15/h1-9,17H,10-14H2,(H,21,22). The molecule has 1 unspecified atom stereocenters. The molecular weight excluding hydrogens is 274 g/mol. The van der Waals surface area contributed by atoms with Crippen molar-refractivity contribution in [1.82, 2.24) is 4.90 Å². The van der Waals surface area contributed by atoms with Gasteiger partial charge < -0.3 is 5.11 Å². The number of nitrogens with zero attached hydrogens (tertiary/aromatic N) is 1. The molecule has 0 aliphatic carbocycles. The van der Waals surface area contributed by atoms with Gasteiger partial charge in [0.15, 0.2) is 0 Å². The van der Waals surface area contributed by atoms with E-state index in [-0.39, 0.29) is 0 Å². The maximum absolute atomic E-state index is 10.9. The number of aromatic carboxylic acids is 1. The summed E-state index contributed by atoms with van der Waals surface area (Å²) in [5.74, 6) is -0.142. The summed E-state index contributed by atoms with van der Waals surface area (Å²) >= 11 is 0. The van der Waals surface area contributed by atoms with Crippen LogP contribution in [0.3, 0.4) is 0 Å². The number of rotatable bonds is 5. The quantitative estimate of drug-likeness (QED) is 0.918. The molecule has 1 saturated heterocycles. The van der Waals surface area contributed by atoms with Crippen LogP contribution in [0, 0.1) is 5.92 Å². The third-order valence-electron chi connectivity index (χ3n) is 4.34. The summed E-state index contributed by atoms with van der Waals surface area (Å²) in [4.78, 5) is 13.3. The van der Waals surface area contributed by atoms with Gasteiger partial charge in [0, 0.05) is 13.1 Å². The van der Waals surface area contributed by atoms with Crippen molar-refractivity contribution in [2.75, 3.05) is 13.1 Å². The van der Waals surface area contributed by atoms with Gasteiger partial charge in [0.2, 0.25) is 0 Å². The van der Waals surface area contributed by atoms with Gasteiger partial charge in [0.25, 0.3) is 0 Å². The van der Waals surface area contributed by atoms with Gasteiger partial charge in [-0.05, 0) is 48.6 Å². The molecule has 0 spiro atoms. The normalized spacial score (nSPS) is 18.5. The molecule has 1 atom stereocenters. The lowest BCUT2D eigenvalue weighted by molar-refractivity contribution is 0.0697. The molecule has 3 nitrogen and oxygen atoms in total. The smallest absolute Gasteiger partial charge is 0.335 e. The molecule has 0 aromatic heterocycles. The van der Waals surface area contributed by atoms with E-state index in [2.05, 4.69) is 35.2 Å². The zero-order valence-electron chi connectivity index (χ0n) is 12.6. The molecule has 22 heavy (non-hydrogen) atoms.